The first-order valence-electron chi connectivity index (χ1n) is 7.15. The van der Waals surface area contributed by atoms with Gasteiger partial charge in [0.25, 0.3) is 0 Å². The van der Waals surface area contributed by atoms with E-state index in [0.29, 0.717) is 28.5 Å². The van der Waals surface area contributed by atoms with E-state index in [-0.39, 0.29) is 18.1 Å². The number of benzene rings is 1. The highest BCUT2D eigenvalue weighted by Crippen LogP contribution is 2.28. The van der Waals surface area contributed by atoms with E-state index in [2.05, 4.69) is 15.1 Å². The van der Waals surface area contributed by atoms with Gasteiger partial charge in [0.1, 0.15) is 5.69 Å². The van der Waals surface area contributed by atoms with Crippen LogP contribution < -0.4 is 5.73 Å². The third kappa shape index (κ3) is 2.50. The van der Waals surface area contributed by atoms with Crippen molar-refractivity contribution in [1.82, 2.24) is 19.7 Å². The third-order valence-corrected chi connectivity index (χ3v) is 4.21. The largest absolute Gasteiger partial charge is 0.463 e. The Morgan fingerprint density at radius 1 is 1.17 bits per heavy atom. The van der Waals surface area contributed by atoms with Gasteiger partial charge in [-0.15, -0.1) is 0 Å². The van der Waals surface area contributed by atoms with Gasteiger partial charge in [-0.2, -0.15) is 14.0 Å². The molecule has 0 unspecified atom stereocenters. The van der Waals surface area contributed by atoms with E-state index in [9.17, 15) is 3.89 Å². The number of nitrogens with two attached hydrogens (primary N) is 1. The summed E-state index contributed by atoms with van der Waals surface area (Å²) in [7, 11) is 0. The van der Waals surface area contributed by atoms with Crippen molar-refractivity contribution in [3.8, 4) is 11.5 Å². The van der Waals surface area contributed by atoms with Crippen LogP contribution in [0.1, 0.15) is 5.56 Å². The van der Waals surface area contributed by atoms with E-state index < -0.39 is 0 Å². The van der Waals surface area contributed by atoms with E-state index >= 15 is 0 Å². The summed E-state index contributed by atoms with van der Waals surface area (Å²) in [6.45, 7) is 0.380. The van der Waals surface area contributed by atoms with Gasteiger partial charge in [-0.1, -0.05) is 18.2 Å². The fourth-order valence-corrected chi connectivity index (χ4v) is 2.92. The maximum Gasteiger partial charge on any atom is 0.222 e. The number of rotatable bonds is 4. The second-order valence-electron chi connectivity index (χ2n) is 5.13. The van der Waals surface area contributed by atoms with Crippen molar-refractivity contribution in [2.45, 2.75) is 11.4 Å². The highest BCUT2D eigenvalue weighted by Gasteiger charge is 2.16. The number of hydrogen-bond acceptors (Lipinski definition) is 6. The van der Waals surface area contributed by atoms with Gasteiger partial charge < -0.3 is 10.2 Å². The number of anilines is 1. The molecule has 6 nitrogen and oxygen atoms in total. The maximum atomic E-state index is 13.1. The Kier molecular flexibility index (Phi) is 3.66. The molecule has 0 fully saturated rings. The molecule has 120 valence electrons. The number of furan rings is 1. The summed E-state index contributed by atoms with van der Waals surface area (Å²) in [5.74, 6) is 0.720. The van der Waals surface area contributed by atoms with Crippen LogP contribution >= 0.6 is 12.1 Å². The topological polar surface area (TPSA) is 82.8 Å². The zero-order chi connectivity index (χ0) is 16.5. The summed E-state index contributed by atoms with van der Waals surface area (Å²) in [4.78, 5) is 9.09. The lowest BCUT2D eigenvalue weighted by Gasteiger charge is -2.07. The zero-order valence-corrected chi connectivity index (χ0v) is 13.2. The highest BCUT2D eigenvalue weighted by molar-refractivity contribution is 7.94. The van der Waals surface area contributed by atoms with Gasteiger partial charge >= 0.3 is 0 Å². The minimum Gasteiger partial charge on any atom is -0.463 e. The number of halogens is 1. The summed E-state index contributed by atoms with van der Waals surface area (Å²) < 4.78 is 20.2. The Morgan fingerprint density at radius 3 is 2.83 bits per heavy atom. The van der Waals surface area contributed by atoms with Crippen LogP contribution in [0.5, 0.6) is 0 Å². The standard InChI is InChI=1S/C16H12FN5OS/c17-24-13-6-2-1-4-10(13)9-22-15-11(8-19-22)14(20-16(18)21-15)12-5-3-7-23-12/h1-8H,9H2,(H2,18,20,21). The monoisotopic (exact) mass is 341 g/mol. The lowest BCUT2D eigenvalue weighted by molar-refractivity contribution is 0.580. The van der Waals surface area contributed by atoms with Gasteiger partial charge in [0.2, 0.25) is 5.95 Å². The number of hydrogen-bond donors (Lipinski definition) is 1. The Bertz CT molecular complexity index is 999. The normalized spacial score (nSPS) is 11.2. The fraction of sp³-hybridized carbons (Fsp3) is 0.0625. The van der Waals surface area contributed by atoms with Crippen molar-refractivity contribution in [3.63, 3.8) is 0 Å². The van der Waals surface area contributed by atoms with Crippen molar-refractivity contribution in [2.24, 2.45) is 0 Å². The van der Waals surface area contributed by atoms with Crippen molar-refractivity contribution in [2.75, 3.05) is 5.73 Å². The second kappa shape index (κ2) is 5.97. The van der Waals surface area contributed by atoms with Gasteiger partial charge in [0, 0.05) is 4.90 Å². The van der Waals surface area contributed by atoms with Crippen LogP contribution in [-0.4, -0.2) is 19.7 Å². The van der Waals surface area contributed by atoms with Crippen LogP contribution in [0.3, 0.4) is 0 Å². The SMILES string of the molecule is Nc1nc(-c2ccco2)c2cnn(Cc3ccccc3SF)c2n1. The first-order valence-corrected chi connectivity index (χ1v) is 7.87. The number of nitrogen functional groups attached to an aromatic ring is 1. The minimum atomic E-state index is 0.129. The molecular formula is C16H12FN5OS. The second-order valence-corrected chi connectivity index (χ2v) is 5.73. The fourth-order valence-electron chi connectivity index (χ4n) is 2.56. The number of aromatic nitrogens is 4. The van der Waals surface area contributed by atoms with Crippen LogP contribution in [0.4, 0.5) is 9.83 Å². The Labute approximate surface area is 140 Å². The van der Waals surface area contributed by atoms with E-state index in [0.717, 1.165) is 10.9 Å². The van der Waals surface area contributed by atoms with Gasteiger partial charge in [0.05, 0.1) is 36.5 Å². The summed E-state index contributed by atoms with van der Waals surface area (Å²) in [6.07, 6.45) is 3.23. The molecule has 24 heavy (non-hydrogen) atoms. The van der Waals surface area contributed by atoms with Crippen molar-refractivity contribution in [3.05, 3.63) is 54.4 Å². The molecule has 0 spiro atoms. The predicted molar refractivity (Wildman–Crippen MR) is 89.9 cm³/mol. The first-order chi connectivity index (χ1) is 11.8. The molecule has 0 radical (unpaired) electrons. The smallest absolute Gasteiger partial charge is 0.222 e. The number of nitrogens with zero attached hydrogens (tertiary/aromatic N) is 4. The molecule has 0 saturated heterocycles. The van der Waals surface area contributed by atoms with Gasteiger partial charge in [-0.05, 0) is 23.8 Å². The van der Waals surface area contributed by atoms with E-state index in [1.54, 1.807) is 41.4 Å². The molecule has 0 bridgehead atoms. The molecule has 2 N–H and O–H groups in total. The molecule has 4 rings (SSSR count). The molecule has 1 aromatic carbocycles. The molecule has 3 heterocycles. The Balaban J connectivity index is 1.83. The van der Waals surface area contributed by atoms with Gasteiger partial charge in [-0.25, -0.2) is 9.67 Å². The molecule has 0 aliphatic heterocycles. The summed E-state index contributed by atoms with van der Waals surface area (Å²) in [5, 5.41) is 5.09. The molecular weight excluding hydrogens is 329 g/mol. The van der Waals surface area contributed by atoms with E-state index in [1.165, 1.54) is 0 Å². The van der Waals surface area contributed by atoms with Gasteiger partial charge in [-0.3, -0.25) is 0 Å². The number of fused-ring (bicyclic) bond motifs is 1. The quantitative estimate of drug-likeness (QED) is 0.609. The summed E-state index contributed by atoms with van der Waals surface area (Å²) >= 11 is 0.213. The molecule has 3 aromatic heterocycles. The Hall–Kier alpha value is -2.87. The van der Waals surface area contributed by atoms with E-state index in [1.807, 2.05) is 12.1 Å². The Morgan fingerprint density at radius 2 is 2.04 bits per heavy atom. The van der Waals surface area contributed by atoms with Crippen LogP contribution in [0, 0.1) is 0 Å². The molecule has 0 saturated carbocycles. The molecule has 8 heteroatoms. The average Bonchev–Trinajstić information content (AvgIpc) is 3.25. The van der Waals surface area contributed by atoms with Crippen molar-refractivity contribution >= 4 is 29.1 Å². The van der Waals surface area contributed by atoms with Crippen molar-refractivity contribution in [1.29, 1.82) is 0 Å². The molecule has 0 aliphatic rings. The lowest BCUT2D eigenvalue weighted by atomic mass is 10.2. The molecule has 4 aromatic rings. The van der Waals surface area contributed by atoms with Crippen LogP contribution in [0.15, 0.2) is 58.2 Å². The molecule has 0 aliphatic carbocycles. The predicted octanol–water partition coefficient (Wildman–Crippen LogP) is 3.69. The van der Waals surface area contributed by atoms with Crippen molar-refractivity contribution < 1.29 is 8.30 Å². The van der Waals surface area contributed by atoms with Crippen LogP contribution in [0.25, 0.3) is 22.5 Å². The minimum absolute atomic E-state index is 0.129. The third-order valence-electron chi connectivity index (χ3n) is 3.64. The summed E-state index contributed by atoms with van der Waals surface area (Å²) in [6, 6.07) is 10.8. The molecule has 0 atom stereocenters. The molecule has 0 amide bonds. The zero-order valence-electron chi connectivity index (χ0n) is 12.4. The highest BCUT2D eigenvalue weighted by atomic mass is 32.2. The van der Waals surface area contributed by atoms with Gasteiger partial charge in [0.15, 0.2) is 11.4 Å². The van der Waals surface area contributed by atoms with E-state index in [4.69, 9.17) is 10.2 Å². The lowest BCUT2D eigenvalue weighted by Crippen LogP contribution is -2.05. The maximum absolute atomic E-state index is 13.1. The average molecular weight is 341 g/mol. The van der Waals surface area contributed by atoms with Crippen LogP contribution in [0.2, 0.25) is 0 Å². The summed E-state index contributed by atoms with van der Waals surface area (Å²) in [5.41, 5.74) is 7.81. The van der Waals surface area contributed by atoms with Crippen LogP contribution in [-0.2, 0) is 6.54 Å². The first kappa shape index (κ1) is 14.7.